The highest BCUT2D eigenvalue weighted by molar-refractivity contribution is 6.12. The predicted octanol–water partition coefficient (Wildman–Crippen LogP) is 5.72. The number of hydrogen-bond donors (Lipinski definition) is 1. The van der Waals surface area contributed by atoms with E-state index in [1.807, 2.05) is 52.3 Å². The molecule has 0 spiro atoms. The van der Waals surface area contributed by atoms with Gasteiger partial charge in [-0.15, -0.1) is 0 Å². The summed E-state index contributed by atoms with van der Waals surface area (Å²) in [6.45, 7) is 9.08. The number of carbonyl (C=O) groups excluding carboxylic acids is 2. The number of fused-ring (bicyclic) bond motifs is 2. The Labute approximate surface area is 226 Å². The molecule has 4 rings (SSSR count). The van der Waals surface area contributed by atoms with Crippen molar-refractivity contribution in [3.8, 4) is 0 Å². The predicted molar refractivity (Wildman–Crippen MR) is 154 cm³/mol. The molecule has 0 bridgehead atoms. The van der Waals surface area contributed by atoms with Crippen molar-refractivity contribution in [2.75, 3.05) is 42.9 Å². The summed E-state index contributed by atoms with van der Waals surface area (Å²) in [6, 6.07) is 21.1. The maximum Gasteiger partial charge on any atom is 0.257 e. The van der Waals surface area contributed by atoms with Crippen LogP contribution >= 0.6 is 0 Å². The normalized spacial score (nSPS) is 12.5. The van der Waals surface area contributed by atoms with Crippen LogP contribution in [0, 0.1) is 0 Å². The maximum atomic E-state index is 13.9. The smallest absolute Gasteiger partial charge is 0.257 e. The maximum absolute atomic E-state index is 13.9. The molecule has 0 saturated heterocycles. The van der Waals surface area contributed by atoms with E-state index in [2.05, 4.69) is 41.2 Å². The second-order valence-corrected chi connectivity index (χ2v) is 9.67. The molecule has 1 aliphatic rings. The highest BCUT2D eigenvalue weighted by atomic mass is 16.2. The van der Waals surface area contributed by atoms with Crippen molar-refractivity contribution in [3.63, 3.8) is 0 Å². The third kappa shape index (κ3) is 6.98. The summed E-state index contributed by atoms with van der Waals surface area (Å²) in [5.74, 6) is 0.392. The standard InChI is InChI=1S/C31H39N5O2/c1-3-34(4-2)21-12-5-6-13-22-35(23-25-15-8-7-9-16-25)29(37)24-36-28-19-11-10-17-26(28)31(38)33-27-18-14-20-32-30(27)36/h7-11,14-20H,3-6,12-13,21-24H2,1-2H3,(H,33,38). The van der Waals surface area contributed by atoms with Gasteiger partial charge >= 0.3 is 0 Å². The van der Waals surface area contributed by atoms with Gasteiger partial charge in [-0.25, -0.2) is 4.98 Å². The average molecular weight is 514 g/mol. The fourth-order valence-electron chi connectivity index (χ4n) is 4.94. The SMILES string of the molecule is CCN(CC)CCCCCCN(Cc1ccccc1)C(=O)CN1c2ccccc2C(=O)Nc2cccnc21. The van der Waals surface area contributed by atoms with E-state index in [-0.39, 0.29) is 18.4 Å². The van der Waals surface area contributed by atoms with Gasteiger partial charge < -0.3 is 20.0 Å². The minimum atomic E-state index is -0.198. The van der Waals surface area contributed by atoms with E-state index in [1.165, 1.54) is 6.42 Å². The number of hydrogen-bond acceptors (Lipinski definition) is 5. The van der Waals surface area contributed by atoms with Gasteiger partial charge in [-0.3, -0.25) is 9.59 Å². The molecule has 0 atom stereocenters. The van der Waals surface area contributed by atoms with Crippen LogP contribution in [0.15, 0.2) is 72.9 Å². The molecule has 7 nitrogen and oxygen atoms in total. The average Bonchev–Trinajstić information content (AvgIpc) is 3.07. The Bertz CT molecular complexity index is 1200. The van der Waals surface area contributed by atoms with Crippen LogP contribution in [-0.2, 0) is 11.3 Å². The Kier molecular flexibility index (Phi) is 9.87. The molecule has 1 N–H and O–H groups in total. The second-order valence-electron chi connectivity index (χ2n) is 9.67. The molecule has 0 unspecified atom stereocenters. The number of benzene rings is 2. The van der Waals surface area contributed by atoms with Gasteiger partial charge in [-0.05, 0) is 62.3 Å². The van der Waals surface area contributed by atoms with Crippen molar-refractivity contribution in [1.29, 1.82) is 0 Å². The van der Waals surface area contributed by atoms with Crippen molar-refractivity contribution in [2.45, 2.75) is 46.1 Å². The quantitative estimate of drug-likeness (QED) is 0.296. The first-order valence-electron chi connectivity index (χ1n) is 13.8. The van der Waals surface area contributed by atoms with Gasteiger partial charge in [-0.2, -0.15) is 0 Å². The summed E-state index contributed by atoms with van der Waals surface area (Å²) in [5, 5.41) is 2.95. The number of nitrogens with one attached hydrogen (secondary N) is 1. The second kappa shape index (κ2) is 13.7. The number of amides is 2. The van der Waals surface area contributed by atoms with Crippen LogP contribution < -0.4 is 10.2 Å². The van der Waals surface area contributed by atoms with Crippen LogP contribution in [0.3, 0.4) is 0 Å². The van der Waals surface area contributed by atoms with E-state index in [4.69, 9.17) is 0 Å². The lowest BCUT2D eigenvalue weighted by Crippen LogP contribution is -2.39. The summed E-state index contributed by atoms with van der Waals surface area (Å²) in [6.07, 6.45) is 6.09. The molecule has 1 aromatic heterocycles. The largest absolute Gasteiger partial charge is 0.337 e. The number of pyridine rings is 1. The minimum absolute atomic E-state index is 0.0118. The molecule has 200 valence electrons. The number of unbranched alkanes of at least 4 members (excludes halogenated alkanes) is 3. The van der Waals surface area contributed by atoms with Crippen LogP contribution in [-0.4, -0.2) is 59.3 Å². The number of para-hydroxylation sites is 1. The van der Waals surface area contributed by atoms with Crippen molar-refractivity contribution < 1.29 is 9.59 Å². The van der Waals surface area contributed by atoms with Crippen LogP contribution in [0.5, 0.6) is 0 Å². The van der Waals surface area contributed by atoms with Gasteiger partial charge in [0, 0.05) is 19.3 Å². The third-order valence-electron chi connectivity index (χ3n) is 7.14. The van der Waals surface area contributed by atoms with E-state index in [9.17, 15) is 9.59 Å². The monoisotopic (exact) mass is 513 g/mol. The number of nitrogens with zero attached hydrogens (tertiary/aromatic N) is 4. The first-order valence-corrected chi connectivity index (χ1v) is 13.8. The first kappa shape index (κ1) is 27.3. The van der Waals surface area contributed by atoms with E-state index >= 15 is 0 Å². The summed E-state index contributed by atoms with van der Waals surface area (Å²) in [5.41, 5.74) is 2.92. The molecule has 3 aromatic rings. The molecule has 0 saturated carbocycles. The summed E-state index contributed by atoms with van der Waals surface area (Å²) >= 11 is 0. The lowest BCUT2D eigenvalue weighted by Gasteiger charge is -2.29. The van der Waals surface area contributed by atoms with Crippen molar-refractivity contribution in [1.82, 2.24) is 14.8 Å². The summed E-state index contributed by atoms with van der Waals surface area (Å²) < 4.78 is 0. The lowest BCUT2D eigenvalue weighted by molar-refractivity contribution is -0.130. The van der Waals surface area contributed by atoms with Crippen LogP contribution in [0.2, 0.25) is 0 Å². The highest BCUT2D eigenvalue weighted by Crippen LogP contribution is 2.36. The fourth-order valence-corrected chi connectivity index (χ4v) is 4.94. The summed E-state index contributed by atoms with van der Waals surface area (Å²) in [7, 11) is 0. The first-order chi connectivity index (χ1) is 18.6. The summed E-state index contributed by atoms with van der Waals surface area (Å²) in [4.78, 5) is 37.6. The lowest BCUT2D eigenvalue weighted by atomic mass is 10.1. The van der Waals surface area contributed by atoms with E-state index < -0.39 is 0 Å². The molecule has 2 heterocycles. The topological polar surface area (TPSA) is 68.8 Å². The minimum Gasteiger partial charge on any atom is -0.337 e. The number of aromatic nitrogens is 1. The highest BCUT2D eigenvalue weighted by Gasteiger charge is 2.28. The van der Waals surface area contributed by atoms with Gasteiger partial charge in [0.1, 0.15) is 6.54 Å². The van der Waals surface area contributed by atoms with Gasteiger partial charge in [0.15, 0.2) is 5.82 Å². The van der Waals surface area contributed by atoms with Crippen LogP contribution in [0.4, 0.5) is 17.2 Å². The Balaban J connectivity index is 1.49. The molecule has 38 heavy (non-hydrogen) atoms. The van der Waals surface area contributed by atoms with Gasteiger partial charge in [0.25, 0.3) is 5.91 Å². The van der Waals surface area contributed by atoms with E-state index in [1.54, 1.807) is 18.3 Å². The molecule has 1 aliphatic heterocycles. The molecule has 0 radical (unpaired) electrons. The van der Waals surface area contributed by atoms with Crippen LogP contribution in [0.25, 0.3) is 0 Å². The Hall–Kier alpha value is -3.71. The number of rotatable bonds is 13. The fraction of sp³-hybridized carbons (Fsp3) is 0.387. The molecule has 0 fully saturated rings. The van der Waals surface area contributed by atoms with Gasteiger partial charge in [0.2, 0.25) is 5.91 Å². The molecular weight excluding hydrogens is 474 g/mol. The zero-order valence-corrected chi connectivity index (χ0v) is 22.6. The third-order valence-corrected chi connectivity index (χ3v) is 7.14. The zero-order valence-electron chi connectivity index (χ0n) is 22.6. The Morgan fingerprint density at radius 1 is 0.868 bits per heavy atom. The van der Waals surface area contributed by atoms with Crippen molar-refractivity contribution in [2.24, 2.45) is 0 Å². The zero-order chi connectivity index (χ0) is 26.7. The molecule has 0 aliphatic carbocycles. The van der Waals surface area contributed by atoms with E-state index in [0.717, 1.165) is 44.5 Å². The van der Waals surface area contributed by atoms with Crippen molar-refractivity contribution >= 4 is 29.0 Å². The molecule has 2 amide bonds. The number of carbonyl (C=O) groups is 2. The van der Waals surface area contributed by atoms with Gasteiger partial charge in [-0.1, -0.05) is 69.2 Å². The van der Waals surface area contributed by atoms with E-state index in [0.29, 0.717) is 35.8 Å². The Morgan fingerprint density at radius 3 is 2.34 bits per heavy atom. The molecular formula is C31H39N5O2. The molecule has 7 heteroatoms. The molecule has 2 aromatic carbocycles. The van der Waals surface area contributed by atoms with Gasteiger partial charge in [0.05, 0.1) is 16.9 Å². The van der Waals surface area contributed by atoms with Crippen molar-refractivity contribution in [3.05, 3.63) is 84.1 Å². The van der Waals surface area contributed by atoms with Crippen LogP contribution in [0.1, 0.15) is 55.5 Å². The Morgan fingerprint density at radius 2 is 1.58 bits per heavy atom. The number of anilines is 3.